The Morgan fingerprint density at radius 1 is 1.25 bits per heavy atom. The first-order valence-electron chi connectivity index (χ1n) is 5.73. The van der Waals surface area contributed by atoms with Crippen molar-refractivity contribution in [1.82, 2.24) is 9.47 Å². The normalized spacial score (nSPS) is 11.4. The zero-order chi connectivity index (χ0) is 12.6. The van der Waals surface area contributed by atoms with Crippen LogP contribution in [0.1, 0.15) is 32.6 Å². The van der Waals surface area contributed by atoms with Crippen LogP contribution in [0.15, 0.2) is 0 Å². The van der Waals surface area contributed by atoms with Crippen molar-refractivity contribution in [2.24, 2.45) is 0 Å². The number of carbonyl (C=O) groups excluding carboxylic acids is 1. The van der Waals surface area contributed by atoms with E-state index in [4.69, 9.17) is 23.2 Å². The summed E-state index contributed by atoms with van der Waals surface area (Å²) in [5.41, 5.74) is 0. The molecule has 0 saturated carbocycles. The van der Waals surface area contributed by atoms with E-state index in [9.17, 15) is 4.79 Å². The lowest BCUT2D eigenvalue weighted by Crippen LogP contribution is -2.44. The first-order chi connectivity index (χ1) is 7.49. The predicted molar refractivity (Wildman–Crippen MR) is 74.0 cm³/mol. The van der Waals surface area contributed by atoms with E-state index in [1.54, 1.807) is 19.0 Å². The standard InChI is InChI=1S/C10H22Cl2N2OSi/c1-4-5-6-7-8-14(16-9(11)12)10(15)13(2)3/h9H,4-8,16H2,1-3H3. The molecule has 0 aliphatic heterocycles. The summed E-state index contributed by atoms with van der Waals surface area (Å²) in [6.07, 6.45) is 4.63. The third kappa shape index (κ3) is 7.36. The highest BCUT2D eigenvalue weighted by molar-refractivity contribution is 6.68. The average molecular weight is 285 g/mol. The lowest BCUT2D eigenvalue weighted by Gasteiger charge is -2.26. The molecule has 0 N–H and O–H groups in total. The second-order valence-electron chi connectivity index (χ2n) is 4.07. The second-order valence-corrected chi connectivity index (χ2v) is 8.33. The van der Waals surface area contributed by atoms with Gasteiger partial charge in [0.05, 0.1) is 0 Å². The topological polar surface area (TPSA) is 23.6 Å². The van der Waals surface area contributed by atoms with Crippen molar-refractivity contribution in [3.8, 4) is 0 Å². The number of carbonyl (C=O) groups is 1. The van der Waals surface area contributed by atoms with Crippen LogP contribution in [0.4, 0.5) is 4.79 Å². The first-order valence-corrected chi connectivity index (χ1v) is 8.05. The first kappa shape index (κ1) is 16.1. The van der Waals surface area contributed by atoms with Crippen LogP contribution in [-0.2, 0) is 0 Å². The molecule has 96 valence electrons. The number of urea groups is 1. The molecule has 0 radical (unpaired) electrons. The van der Waals surface area contributed by atoms with Crippen LogP contribution in [0.25, 0.3) is 0 Å². The predicted octanol–water partition coefficient (Wildman–Crippen LogP) is 2.40. The fourth-order valence-electron chi connectivity index (χ4n) is 1.44. The summed E-state index contributed by atoms with van der Waals surface area (Å²) in [5, 5.41) is 0. The van der Waals surface area contributed by atoms with E-state index in [1.807, 2.05) is 4.57 Å². The summed E-state index contributed by atoms with van der Waals surface area (Å²) in [6, 6.07) is 0.0365. The van der Waals surface area contributed by atoms with Crippen LogP contribution in [0.3, 0.4) is 0 Å². The Labute approximate surface area is 111 Å². The molecule has 0 aromatic rings. The Hall–Kier alpha value is 0.0669. The number of hydrogen-bond acceptors (Lipinski definition) is 1. The van der Waals surface area contributed by atoms with Crippen molar-refractivity contribution < 1.29 is 4.79 Å². The van der Waals surface area contributed by atoms with Gasteiger partial charge in [-0.3, -0.25) is 0 Å². The van der Waals surface area contributed by atoms with Crippen molar-refractivity contribution in [2.45, 2.75) is 37.1 Å². The van der Waals surface area contributed by atoms with Crippen molar-refractivity contribution in [3.63, 3.8) is 0 Å². The number of alkyl halides is 2. The monoisotopic (exact) mass is 284 g/mol. The number of rotatable bonds is 7. The Morgan fingerprint density at radius 3 is 2.31 bits per heavy atom. The SMILES string of the molecule is CCCCCCN([SiH2]C(Cl)Cl)C(=O)N(C)C. The highest BCUT2D eigenvalue weighted by atomic mass is 35.5. The minimum absolute atomic E-state index is 0.0365. The number of halogens is 2. The molecule has 0 aliphatic carbocycles. The van der Waals surface area contributed by atoms with Crippen LogP contribution in [-0.4, -0.2) is 50.3 Å². The fraction of sp³-hybridized carbons (Fsp3) is 0.900. The fourth-order valence-corrected chi connectivity index (χ4v) is 3.62. The minimum Gasteiger partial charge on any atom is -0.355 e. The zero-order valence-corrected chi connectivity index (χ0v) is 13.3. The number of amides is 2. The van der Waals surface area contributed by atoms with Gasteiger partial charge in [0.1, 0.15) is 4.46 Å². The van der Waals surface area contributed by atoms with E-state index in [0.29, 0.717) is 0 Å². The van der Waals surface area contributed by atoms with E-state index < -0.39 is 9.68 Å². The van der Waals surface area contributed by atoms with Crippen LogP contribution in [0.2, 0.25) is 0 Å². The molecule has 6 heteroatoms. The average Bonchev–Trinajstić information content (AvgIpc) is 2.20. The van der Waals surface area contributed by atoms with Gasteiger partial charge in [-0.15, -0.1) is 23.2 Å². The van der Waals surface area contributed by atoms with Crippen molar-refractivity contribution in [1.29, 1.82) is 0 Å². The third-order valence-electron chi connectivity index (χ3n) is 2.29. The zero-order valence-electron chi connectivity index (χ0n) is 10.4. The van der Waals surface area contributed by atoms with Crippen molar-refractivity contribution in [2.75, 3.05) is 20.6 Å². The van der Waals surface area contributed by atoms with Gasteiger partial charge in [-0.2, -0.15) is 0 Å². The molecule has 3 nitrogen and oxygen atoms in total. The Kier molecular flexibility index (Phi) is 9.17. The van der Waals surface area contributed by atoms with E-state index in [2.05, 4.69) is 6.92 Å². The molecule has 0 atom stereocenters. The van der Waals surface area contributed by atoms with Gasteiger partial charge in [-0.1, -0.05) is 26.2 Å². The lowest BCUT2D eigenvalue weighted by atomic mass is 10.2. The number of hydrogen-bond donors (Lipinski definition) is 0. The van der Waals surface area contributed by atoms with Gasteiger partial charge in [0.25, 0.3) is 0 Å². The Balaban J connectivity index is 4.05. The summed E-state index contributed by atoms with van der Waals surface area (Å²) in [6.45, 7) is 2.96. The minimum atomic E-state index is -0.891. The maximum atomic E-state index is 11.8. The van der Waals surface area contributed by atoms with Crippen LogP contribution in [0.5, 0.6) is 0 Å². The molecule has 0 heterocycles. The summed E-state index contributed by atoms with van der Waals surface area (Å²) < 4.78 is 1.47. The maximum absolute atomic E-state index is 11.8. The highest BCUT2D eigenvalue weighted by Crippen LogP contribution is 2.07. The maximum Gasteiger partial charge on any atom is 0.311 e. The van der Waals surface area contributed by atoms with E-state index in [0.717, 1.165) is 19.4 Å². The van der Waals surface area contributed by atoms with E-state index >= 15 is 0 Å². The smallest absolute Gasteiger partial charge is 0.311 e. The molecule has 0 aromatic heterocycles. The number of unbranched alkanes of at least 4 members (excludes halogenated alkanes) is 3. The van der Waals surface area contributed by atoms with Crippen LogP contribution in [0, 0.1) is 0 Å². The number of nitrogens with zero attached hydrogens (tertiary/aromatic N) is 2. The molecular weight excluding hydrogens is 263 g/mol. The third-order valence-corrected chi connectivity index (χ3v) is 4.42. The molecule has 0 bridgehead atoms. The molecule has 2 amide bonds. The molecule has 0 aliphatic rings. The van der Waals surface area contributed by atoms with Gasteiger partial charge >= 0.3 is 6.03 Å². The molecule has 0 saturated heterocycles. The molecule has 0 rings (SSSR count). The molecule has 0 fully saturated rings. The highest BCUT2D eigenvalue weighted by Gasteiger charge is 2.17. The van der Waals surface area contributed by atoms with Gasteiger partial charge in [0, 0.05) is 20.6 Å². The molecule has 0 unspecified atom stereocenters. The largest absolute Gasteiger partial charge is 0.355 e. The Morgan fingerprint density at radius 2 is 1.88 bits per heavy atom. The van der Waals surface area contributed by atoms with Gasteiger partial charge in [0.15, 0.2) is 9.68 Å². The van der Waals surface area contributed by atoms with Gasteiger partial charge in [-0.25, -0.2) is 4.79 Å². The van der Waals surface area contributed by atoms with E-state index in [1.165, 1.54) is 12.8 Å². The van der Waals surface area contributed by atoms with Crippen molar-refractivity contribution >= 4 is 38.9 Å². The Bertz CT molecular complexity index is 203. The summed E-state index contributed by atoms with van der Waals surface area (Å²) >= 11 is 11.6. The molecule has 16 heavy (non-hydrogen) atoms. The summed E-state index contributed by atoms with van der Waals surface area (Å²) in [5.74, 6) is 0. The molecular formula is C10H22Cl2N2OSi. The van der Waals surface area contributed by atoms with E-state index in [-0.39, 0.29) is 10.5 Å². The van der Waals surface area contributed by atoms with Crippen LogP contribution >= 0.6 is 23.2 Å². The summed E-state index contributed by atoms with van der Waals surface area (Å²) in [4.78, 5) is 13.4. The van der Waals surface area contributed by atoms with Crippen LogP contribution < -0.4 is 0 Å². The van der Waals surface area contributed by atoms with Gasteiger partial charge < -0.3 is 9.47 Å². The van der Waals surface area contributed by atoms with Gasteiger partial charge in [0.2, 0.25) is 0 Å². The lowest BCUT2D eigenvalue weighted by molar-refractivity contribution is 0.196. The molecule has 0 spiro atoms. The van der Waals surface area contributed by atoms with Crippen molar-refractivity contribution in [3.05, 3.63) is 0 Å². The molecule has 0 aromatic carbocycles. The summed E-state index contributed by atoms with van der Waals surface area (Å²) in [7, 11) is 2.62. The van der Waals surface area contributed by atoms with Gasteiger partial charge in [-0.05, 0) is 6.42 Å². The quantitative estimate of drug-likeness (QED) is 0.400. The second kappa shape index (κ2) is 9.13.